The van der Waals surface area contributed by atoms with Gasteiger partial charge in [-0.3, -0.25) is 4.79 Å². The summed E-state index contributed by atoms with van der Waals surface area (Å²) in [5.74, 6) is -0.211. The van der Waals surface area contributed by atoms with E-state index in [0.717, 1.165) is 5.01 Å². The van der Waals surface area contributed by atoms with Crippen LogP contribution in [0.4, 0.5) is 5.69 Å². The fourth-order valence-corrected chi connectivity index (χ4v) is 1.42. The van der Waals surface area contributed by atoms with Gasteiger partial charge >= 0.3 is 0 Å². The number of hydrogen-bond acceptors (Lipinski definition) is 5. The van der Waals surface area contributed by atoms with Crippen LogP contribution in [0.5, 0.6) is 5.75 Å². The minimum atomic E-state index is -0.617. The molecule has 104 valence electrons. The quantitative estimate of drug-likeness (QED) is 0.503. The van der Waals surface area contributed by atoms with Crippen LogP contribution in [0.1, 0.15) is 6.42 Å². The number of ether oxygens (including phenoxy) is 1. The van der Waals surface area contributed by atoms with Crippen molar-refractivity contribution in [3.05, 3.63) is 34.4 Å². The monoisotopic (exact) mass is 269 g/mol. The number of amides is 1. The SMILES string of the molecule is NC(=O)CCN(c1cccc(OCCO)c1)[N+](=O)[O-]. The van der Waals surface area contributed by atoms with Crippen LogP contribution in [0.15, 0.2) is 24.3 Å². The lowest BCUT2D eigenvalue weighted by Gasteiger charge is -2.14. The van der Waals surface area contributed by atoms with E-state index in [4.69, 9.17) is 15.6 Å². The smallest absolute Gasteiger partial charge is 0.219 e. The Morgan fingerprint density at radius 1 is 1.53 bits per heavy atom. The molecule has 0 radical (unpaired) electrons. The summed E-state index contributed by atoms with van der Waals surface area (Å²) in [7, 11) is 0. The lowest BCUT2D eigenvalue weighted by Crippen LogP contribution is -2.33. The van der Waals surface area contributed by atoms with Crippen LogP contribution in [-0.4, -0.2) is 35.8 Å². The van der Waals surface area contributed by atoms with Gasteiger partial charge < -0.3 is 15.6 Å². The van der Waals surface area contributed by atoms with Gasteiger partial charge in [-0.15, -0.1) is 0 Å². The van der Waals surface area contributed by atoms with Crippen molar-refractivity contribution in [3.63, 3.8) is 0 Å². The Bertz CT molecular complexity index is 452. The summed E-state index contributed by atoms with van der Waals surface area (Å²) in [5, 5.41) is 19.8. The lowest BCUT2D eigenvalue weighted by atomic mass is 10.3. The Balaban J connectivity index is 2.83. The molecule has 0 saturated heterocycles. The molecule has 0 fully saturated rings. The molecule has 0 aliphatic rings. The van der Waals surface area contributed by atoms with Crippen LogP contribution >= 0.6 is 0 Å². The number of anilines is 1. The molecule has 8 nitrogen and oxygen atoms in total. The average molecular weight is 269 g/mol. The van der Waals surface area contributed by atoms with Crippen molar-refractivity contribution in [2.24, 2.45) is 5.73 Å². The van der Waals surface area contributed by atoms with Gasteiger partial charge in [-0.1, -0.05) is 11.1 Å². The highest BCUT2D eigenvalue weighted by atomic mass is 16.7. The number of carbonyl (C=O) groups excluding carboxylic acids is 1. The molecule has 0 spiro atoms. The Morgan fingerprint density at radius 3 is 2.84 bits per heavy atom. The molecule has 1 amide bonds. The fourth-order valence-electron chi connectivity index (χ4n) is 1.42. The van der Waals surface area contributed by atoms with E-state index in [-0.39, 0.29) is 31.9 Å². The zero-order chi connectivity index (χ0) is 14.3. The van der Waals surface area contributed by atoms with Gasteiger partial charge in [0.05, 0.1) is 19.6 Å². The molecule has 0 aliphatic heterocycles. The maximum absolute atomic E-state index is 10.9. The fraction of sp³-hybridized carbons (Fsp3) is 0.364. The Morgan fingerprint density at radius 2 is 2.26 bits per heavy atom. The largest absolute Gasteiger partial charge is 0.491 e. The molecule has 0 aliphatic carbocycles. The topological polar surface area (TPSA) is 119 Å². The first kappa shape index (κ1) is 14.7. The maximum atomic E-state index is 10.9. The molecular weight excluding hydrogens is 254 g/mol. The number of aliphatic hydroxyl groups is 1. The third kappa shape index (κ3) is 4.80. The zero-order valence-electron chi connectivity index (χ0n) is 10.2. The first-order chi connectivity index (χ1) is 9.04. The molecule has 1 rings (SSSR count). The summed E-state index contributed by atoms with van der Waals surface area (Å²) in [5.41, 5.74) is 5.25. The number of aliphatic hydroxyl groups excluding tert-OH is 1. The van der Waals surface area contributed by atoms with Gasteiger partial charge in [-0.2, -0.15) is 0 Å². The summed E-state index contributed by atoms with van der Waals surface area (Å²) in [6, 6.07) is 6.18. The number of nitrogens with zero attached hydrogens (tertiary/aromatic N) is 2. The molecule has 8 heteroatoms. The highest BCUT2D eigenvalue weighted by molar-refractivity contribution is 5.74. The van der Waals surface area contributed by atoms with Gasteiger partial charge in [0.2, 0.25) is 5.91 Å². The molecule has 0 unspecified atom stereocenters. The number of nitrogens with two attached hydrogens (primary N) is 1. The number of nitro groups is 1. The summed E-state index contributed by atoms with van der Waals surface area (Å²) in [4.78, 5) is 21.6. The zero-order valence-corrected chi connectivity index (χ0v) is 10.2. The summed E-state index contributed by atoms with van der Waals surface area (Å²) < 4.78 is 5.16. The Kier molecular flexibility index (Phi) is 5.55. The van der Waals surface area contributed by atoms with Gasteiger partial charge in [0.25, 0.3) is 0 Å². The molecule has 0 heterocycles. The minimum absolute atomic E-state index is 0.100. The second-order valence-electron chi connectivity index (χ2n) is 3.65. The first-order valence-corrected chi connectivity index (χ1v) is 5.58. The Hall–Kier alpha value is -2.35. The van der Waals surface area contributed by atoms with E-state index in [2.05, 4.69) is 0 Å². The van der Waals surface area contributed by atoms with Gasteiger partial charge in [-0.05, 0) is 12.1 Å². The molecule has 3 N–H and O–H groups in total. The molecular formula is C11H15N3O5. The second-order valence-corrected chi connectivity index (χ2v) is 3.65. The number of carbonyl (C=O) groups is 1. The van der Waals surface area contributed by atoms with Gasteiger partial charge in [0.15, 0.2) is 5.03 Å². The van der Waals surface area contributed by atoms with Crippen LogP contribution in [0.3, 0.4) is 0 Å². The minimum Gasteiger partial charge on any atom is -0.491 e. The normalized spacial score (nSPS) is 9.95. The van der Waals surface area contributed by atoms with Crippen molar-refractivity contribution < 1.29 is 19.7 Å². The second kappa shape index (κ2) is 7.17. The molecule has 0 atom stereocenters. The first-order valence-electron chi connectivity index (χ1n) is 5.58. The van der Waals surface area contributed by atoms with E-state index in [0.29, 0.717) is 5.75 Å². The molecule has 19 heavy (non-hydrogen) atoms. The number of rotatable bonds is 8. The predicted octanol–water partition coefficient (Wildman–Crippen LogP) is -0.0688. The molecule has 0 saturated carbocycles. The molecule has 0 aromatic heterocycles. The van der Waals surface area contributed by atoms with Crippen molar-refractivity contribution in [1.29, 1.82) is 0 Å². The van der Waals surface area contributed by atoms with Crippen LogP contribution in [0.2, 0.25) is 0 Å². The van der Waals surface area contributed by atoms with E-state index in [1.807, 2.05) is 0 Å². The third-order valence-electron chi connectivity index (χ3n) is 2.24. The number of hydrazine groups is 1. The number of benzene rings is 1. The van der Waals surface area contributed by atoms with Crippen molar-refractivity contribution in [2.75, 3.05) is 24.8 Å². The predicted molar refractivity (Wildman–Crippen MR) is 67.2 cm³/mol. The van der Waals surface area contributed by atoms with Crippen molar-refractivity contribution >= 4 is 11.6 Å². The highest BCUT2D eigenvalue weighted by Crippen LogP contribution is 2.21. The summed E-state index contributed by atoms with van der Waals surface area (Å²) in [6.07, 6.45) is -0.122. The summed E-state index contributed by atoms with van der Waals surface area (Å²) in [6.45, 7) is -0.167. The average Bonchev–Trinajstić information content (AvgIpc) is 2.36. The summed E-state index contributed by atoms with van der Waals surface area (Å²) >= 11 is 0. The van der Waals surface area contributed by atoms with E-state index in [9.17, 15) is 14.9 Å². The van der Waals surface area contributed by atoms with E-state index >= 15 is 0 Å². The van der Waals surface area contributed by atoms with E-state index in [1.54, 1.807) is 12.1 Å². The highest BCUT2D eigenvalue weighted by Gasteiger charge is 2.18. The molecule has 1 aromatic carbocycles. The standard InChI is InChI=1S/C11H15N3O5/c12-11(16)4-5-13(14(17)18)9-2-1-3-10(8-9)19-7-6-15/h1-3,8,15H,4-7H2,(H2,12,16). The van der Waals surface area contributed by atoms with Crippen LogP contribution in [0, 0.1) is 10.1 Å². The van der Waals surface area contributed by atoms with E-state index in [1.165, 1.54) is 12.1 Å². The van der Waals surface area contributed by atoms with Crippen molar-refractivity contribution in [3.8, 4) is 5.75 Å². The van der Waals surface area contributed by atoms with Crippen LogP contribution in [0.25, 0.3) is 0 Å². The Labute approximate surface area is 109 Å². The van der Waals surface area contributed by atoms with Crippen molar-refractivity contribution in [2.45, 2.75) is 6.42 Å². The van der Waals surface area contributed by atoms with Gasteiger partial charge in [0.1, 0.15) is 18.0 Å². The van der Waals surface area contributed by atoms with E-state index < -0.39 is 10.9 Å². The third-order valence-corrected chi connectivity index (χ3v) is 2.24. The maximum Gasteiger partial charge on any atom is 0.219 e. The lowest BCUT2D eigenvalue weighted by molar-refractivity contribution is -0.494. The molecule has 0 bridgehead atoms. The van der Waals surface area contributed by atoms with Crippen LogP contribution < -0.4 is 15.5 Å². The molecule has 1 aromatic rings. The van der Waals surface area contributed by atoms with Crippen LogP contribution in [-0.2, 0) is 4.79 Å². The van der Waals surface area contributed by atoms with Gasteiger partial charge in [0, 0.05) is 6.07 Å². The van der Waals surface area contributed by atoms with Crippen molar-refractivity contribution in [1.82, 2.24) is 0 Å². The number of primary amides is 1. The van der Waals surface area contributed by atoms with Gasteiger partial charge in [-0.25, -0.2) is 10.1 Å². The number of hydrogen-bond donors (Lipinski definition) is 2.